The van der Waals surface area contributed by atoms with Crippen LogP contribution in [0.3, 0.4) is 0 Å². The summed E-state index contributed by atoms with van der Waals surface area (Å²) in [7, 11) is 0. The Balaban J connectivity index is 0.00000110. The van der Waals surface area contributed by atoms with Gasteiger partial charge in [0.15, 0.2) is 0 Å². The highest BCUT2D eigenvalue weighted by molar-refractivity contribution is 5.39. The van der Waals surface area contributed by atoms with Crippen molar-refractivity contribution in [3.63, 3.8) is 0 Å². The normalized spacial score (nSPS) is 9.95. The van der Waals surface area contributed by atoms with E-state index < -0.39 is 0 Å². The molecule has 1 nitrogen and oxygen atoms in total. The lowest BCUT2D eigenvalue weighted by Gasteiger charge is -2.02. The highest BCUT2D eigenvalue weighted by atomic mass is 14.5. The van der Waals surface area contributed by atoms with Crippen molar-refractivity contribution in [2.24, 2.45) is 0 Å². The molecular formula is C19H29N. The molecule has 0 aliphatic rings. The molecule has 110 valence electrons. The minimum absolute atomic E-state index is 0.812. The average Bonchev–Trinajstić information content (AvgIpc) is 2.45. The number of benzene rings is 1. The first-order chi connectivity index (χ1) is 9.53. The molecule has 0 fully saturated rings. The number of hydrogen-bond acceptors (Lipinski definition) is 1. The van der Waals surface area contributed by atoms with Gasteiger partial charge >= 0.3 is 0 Å². The molecule has 1 aromatic rings. The topological polar surface area (TPSA) is 26.0 Å². The van der Waals surface area contributed by atoms with Crippen molar-refractivity contribution < 1.29 is 0 Å². The lowest BCUT2D eigenvalue weighted by molar-refractivity contribution is 0.968. The van der Waals surface area contributed by atoms with Gasteiger partial charge in [-0.2, -0.15) is 0 Å². The lowest BCUT2D eigenvalue weighted by atomic mass is 10.0. The molecule has 20 heavy (non-hydrogen) atoms. The van der Waals surface area contributed by atoms with Crippen LogP contribution in [0, 0.1) is 0 Å². The molecule has 0 spiro atoms. The number of nitrogen functional groups attached to an aromatic ring is 1. The fraction of sp³-hybridized carbons (Fsp3) is 0.368. The minimum atomic E-state index is 0.812. The summed E-state index contributed by atoms with van der Waals surface area (Å²) in [6, 6.07) is 8.01. The van der Waals surface area contributed by atoms with Gasteiger partial charge in [0.1, 0.15) is 0 Å². The molecule has 0 saturated heterocycles. The fourth-order valence-electron chi connectivity index (χ4n) is 1.43. The number of nitrogens with two attached hydrogens (primary N) is 1. The van der Waals surface area contributed by atoms with Gasteiger partial charge in [0.25, 0.3) is 0 Å². The summed E-state index contributed by atoms with van der Waals surface area (Å²) < 4.78 is 0. The first kappa shape index (κ1) is 18.2. The third kappa shape index (κ3) is 9.21. The molecule has 0 atom stereocenters. The first-order valence-corrected chi connectivity index (χ1v) is 7.41. The van der Waals surface area contributed by atoms with Crippen LogP contribution in [0.1, 0.15) is 45.6 Å². The van der Waals surface area contributed by atoms with Crippen LogP contribution in [-0.4, -0.2) is 0 Å². The van der Waals surface area contributed by atoms with E-state index in [1.807, 2.05) is 18.2 Å². The van der Waals surface area contributed by atoms with Crippen LogP contribution in [0.25, 0.3) is 0 Å². The Labute approximate surface area is 124 Å². The van der Waals surface area contributed by atoms with Crippen LogP contribution in [0.4, 0.5) is 5.69 Å². The molecule has 0 radical (unpaired) electrons. The predicted molar refractivity (Wildman–Crippen MR) is 92.9 cm³/mol. The number of allylic oxidation sites excluding steroid dienone is 4. The van der Waals surface area contributed by atoms with Gasteiger partial charge in [-0.05, 0) is 37.0 Å². The van der Waals surface area contributed by atoms with E-state index in [-0.39, 0.29) is 0 Å². The van der Waals surface area contributed by atoms with Crippen molar-refractivity contribution in [1.82, 2.24) is 0 Å². The highest BCUT2D eigenvalue weighted by Gasteiger charge is 1.94. The second kappa shape index (κ2) is 11.1. The van der Waals surface area contributed by atoms with Crippen LogP contribution in [0.2, 0.25) is 0 Å². The maximum atomic E-state index is 5.64. The fourth-order valence-corrected chi connectivity index (χ4v) is 1.43. The maximum Gasteiger partial charge on any atom is 0.0314 e. The summed E-state index contributed by atoms with van der Waals surface area (Å²) in [6.07, 6.45) is 8.32. The molecule has 1 heteroatoms. The molecular weight excluding hydrogens is 242 g/mol. The zero-order valence-corrected chi connectivity index (χ0v) is 13.3. The Morgan fingerprint density at radius 2 is 1.50 bits per heavy atom. The van der Waals surface area contributed by atoms with E-state index in [0.717, 1.165) is 36.1 Å². The molecule has 0 aliphatic heterocycles. The van der Waals surface area contributed by atoms with Crippen LogP contribution in [-0.2, 0) is 6.42 Å². The van der Waals surface area contributed by atoms with E-state index in [9.17, 15) is 0 Å². The Morgan fingerprint density at radius 1 is 1.00 bits per heavy atom. The average molecular weight is 271 g/mol. The van der Waals surface area contributed by atoms with E-state index in [2.05, 4.69) is 52.1 Å². The first-order valence-electron chi connectivity index (χ1n) is 7.41. The van der Waals surface area contributed by atoms with Gasteiger partial charge in [-0.3, -0.25) is 0 Å². The monoisotopic (exact) mass is 271 g/mol. The van der Waals surface area contributed by atoms with Gasteiger partial charge < -0.3 is 5.73 Å². The predicted octanol–water partition coefficient (Wildman–Crippen LogP) is 5.70. The quantitative estimate of drug-likeness (QED) is 0.521. The maximum absolute atomic E-state index is 5.64. The summed E-state index contributed by atoms with van der Waals surface area (Å²) in [4.78, 5) is 0. The van der Waals surface area contributed by atoms with Gasteiger partial charge in [-0.25, -0.2) is 0 Å². The summed E-state index contributed by atoms with van der Waals surface area (Å²) in [6.45, 7) is 14.3. The molecule has 1 aromatic carbocycles. The zero-order valence-electron chi connectivity index (χ0n) is 13.3. The smallest absolute Gasteiger partial charge is 0.0314 e. The molecule has 0 unspecified atom stereocenters. The minimum Gasteiger partial charge on any atom is -0.399 e. The van der Waals surface area contributed by atoms with Crippen molar-refractivity contribution in [3.05, 3.63) is 66.3 Å². The van der Waals surface area contributed by atoms with E-state index in [0.29, 0.717) is 0 Å². The largest absolute Gasteiger partial charge is 0.399 e. The van der Waals surface area contributed by atoms with E-state index in [1.165, 1.54) is 12.0 Å². The van der Waals surface area contributed by atoms with Crippen molar-refractivity contribution in [2.75, 3.05) is 5.73 Å². The van der Waals surface area contributed by atoms with Crippen LogP contribution in [0.15, 0.2) is 60.7 Å². The molecule has 1 rings (SSSR count). The van der Waals surface area contributed by atoms with Gasteiger partial charge in [0, 0.05) is 5.69 Å². The summed E-state index contributed by atoms with van der Waals surface area (Å²) in [5.74, 6) is 0. The molecule has 0 bridgehead atoms. The van der Waals surface area contributed by atoms with E-state index >= 15 is 0 Å². The summed E-state index contributed by atoms with van der Waals surface area (Å²) in [5, 5.41) is 0. The molecule has 0 aliphatic carbocycles. The SMILES string of the molecule is C=C(/C=C\C(=C)CCc1ccc(N)cc1)CC.CCC. The molecule has 0 amide bonds. The molecule has 0 aromatic heterocycles. The number of aryl methyl sites for hydroxylation is 1. The molecule has 0 heterocycles. The lowest BCUT2D eigenvalue weighted by Crippen LogP contribution is -1.89. The third-order valence-electron chi connectivity index (χ3n) is 2.72. The van der Waals surface area contributed by atoms with Crippen molar-refractivity contribution in [1.29, 1.82) is 0 Å². The second-order valence-corrected chi connectivity index (χ2v) is 4.95. The standard InChI is InChI=1S/C16H21N.C3H8/c1-4-13(2)5-6-14(3)7-8-15-9-11-16(17)12-10-15;1-3-2/h5-6,9-12H,2-4,7-8,17H2,1H3;3H2,1-2H3/b6-5-;. The number of anilines is 1. The van der Waals surface area contributed by atoms with E-state index in [4.69, 9.17) is 5.73 Å². The van der Waals surface area contributed by atoms with Gasteiger partial charge in [0.05, 0.1) is 0 Å². The highest BCUT2D eigenvalue weighted by Crippen LogP contribution is 2.12. The number of rotatable bonds is 6. The van der Waals surface area contributed by atoms with Crippen molar-refractivity contribution >= 4 is 5.69 Å². The third-order valence-corrected chi connectivity index (χ3v) is 2.72. The number of hydrogen-bond donors (Lipinski definition) is 1. The summed E-state index contributed by atoms with van der Waals surface area (Å²) >= 11 is 0. The Kier molecular flexibility index (Phi) is 10.1. The van der Waals surface area contributed by atoms with Crippen LogP contribution >= 0.6 is 0 Å². The Bertz CT molecular complexity index is 424. The van der Waals surface area contributed by atoms with Gasteiger partial charge in [-0.15, -0.1) is 0 Å². The van der Waals surface area contributed by atoms with E-state index in [1.54, 1.807) is 0 Å². The molecule has 0 saturated carbocycles. The second-order valence-electron chi connectivity index (χ2n) is 4.95. The van der Waals surface area contributed by atoms with Gasteiger partial charge in [-0.1, -0.05) is 75.8 Å². The van der Waals surface area contributed by atoms with Crippen LogP contribution < -0.4 is 5.73 Å². The van der Waals surface area contributed by atoms with Crippen LogP contribution in [0.5, 0.6) is 0 Å². The van der Waals surface area contributed by atoms with Gasteiger partial charge in [0.2, 0.25) is 0 Å². The van der Waals surface area contributed by atoms with Crippen molar-refractivity contribution in [2.45, 2.75) is 46.5 Å². The Morgan fingerprint density at radius 3 is 2.00 bits per heavy atom. The molecule has 2 N–H and O–H groups in total. The Hall–Kier alpha value is -1.76. The van der Waals surface area contributed by atoms with Crippen molar-refractivity contribution in [3.8, 4) is 0 Å². The zero-order chi connectivity index (χ0) is 15.4. The summed E-state index contributed by atoms with van der Waals surface area (Å²) in [5.41, 5.74) is 10.0.